The van der Waals surface area contributed by atoms with Gasteiger partial charge in [0.2, 0.25) is 6.71 Å². The first-order valence-electron chi connectivity index (χ1n) is 26.1. The van der Waals surface area contributed by atoms with Gasteiger partial charge in [-0.25, -0.2) is 0 Å². The standard InChI is InChI=1S/C68H53BN2/c1-63(2)42-24-14-25-43-57(42)70-59-46(63)28-16-32-50(59)67(51-33-17-29-47(60(51)70)64(43,3)4)38-20-9-11-36-54(38)69-55-37-12-10-21-39(55)68(41-23-13-22-40(67)56(41)69)52-34-18-30-48-61(52)71-58-44(65(48,5)6)26-15-27-45(58)66(7,8)49-31-19-35-53(68)62(49)71/h9-37H,1-8H3. The summed E-state index contributed by atoms with van der Waals surface area (Å²) in [5, 5.41) is 0. The number of hydrogen-bond donors (Lipinski definition) is 0. The summed E-state index contributed by atoms with van der Waals surface area (Å²) in [7, 11) is 0. The van der Waals surface area contributed by atoms with Crippen LogP contribution in [0.15, 0.2) is 176 Å². The molecular weight excluding hydrogens is 856 g/mol. The molecule has 0 saturated carbocycles. The number of rotatable bonds is 0. The fourth-order valence-corrected chi connectivity index (χ4v) is 17.1. The molecule has 338 valence electrons. The summed E-state index contributed by atoms with van der Waals surface area (Å²) in [5.74, 6) is 0. The van der Waals surface area contributed by atoms with Crippen molar-refractivity contribution in [3.05, 3.63) is 265 Å². The number of para-hydroxylation sites is 6. The Balaban J connectivity index is 1.07. The van der Waals surface area contributed by atoms with E-state index >= 15 is 0 Å². The van der Waals surface area contributed by atoms with Gasteiger partial charge in [0.15, 0.2) is 0 Å². The van der Waals surface area contributed by atoms with E-state index in [1.165, 1.54) is 140 Å². The van der Waals surface area contributed by atoms with Crippen LogP contribution in [-0.2, 0) is 32.5 Å². The van der Waals surface area contributed by atoms with Gasteiger partial charge in [0.1, 0.15) is 0 Å². The third-order valence-corrected chi connectivity index (χ3v) is 20.1. The molecule has 0 unspecified atom stereocenters. The van der Waals surface area contributed by atoms with Gasteiger partial charge in [0, 0.05) is 21.7 Å². The molecule has 8 aliphatic rings. The van der Waals surface area contributed by atoms with Crippen LogP contribution in [0.25, 0.3) is 0 Å². The van der Waals surface area contributed by atoms with Crippen molar-refractivity contribution in [2.75, 3.05) is 9.80 Å². The second kappa shape index (κ2) is 11.9. The first-order valence-corrected chi connectivity index (χ1v) is 26.1. The molecule has 0 amide bonds. The predicted octanol–water partition coefficient (Wildman–Crippen LogP) is 13.7. The zero-order valence-electron chi connectivity index (χ0n) is 41.7. The van der Waals surface area contributed by atoms with E-state index in [2.05, 4.69) is 241 Å². The third kappa shape index (κ3) is 3.85. The Morgan fingerprint density at radius 1 is 0.239 bits per heavy atom. The van der Waals surface area contributed by atoms with Crippen LogP contribution < -0.4 is 26.2 Å². The molecule has 0 aromatic heterocycles. The van der Waals surface area contributed by atoms with Crippen LogP contribution in [0.5, 0.6) is 0 Å². The Bertz CT molecular complexity index is 3620. The molecule has 8 aliphatic heterocycles. The van der Waals surface area contributed by atoms with Crippen molar-refractivity contribution in [3.63, 3.8) is 0 Å². The van der Waals surface area contributed by atoms with E-state index in [-0.39, 0.29) is 28.4 Å². The maximum absolute atomic E-state index is 2.74. The molecule has 71 heavy (non-hydrogen) atoms. The molecule has 9 aromatic rings. The lowest BCUT2D eigenvalue weighted by Gasteiger charge is -2.59. The summed E-state index contributed by atoms with van der Waals surface area (Å²) in [6.45, 7) is 19.8. The summed E-state index contributed by atoms with van der Waals surface area (Å²) in [5.41, 5.74) is 32.8. The molecule has 0 bridgehead atoms. The van der Waals surface area contributed by atoms with Gasteiger partial charge >= 0.3 is 0 Å². The Kier molecular flexibility index (Phi) is 6.58. The Morgan fingerprint density at radius 2 is 0.451 bits per heavy atom. The first-order chi connectivity index (χ1) is 34.3. The topological polar surface area (TPSA) is 6.48 Å². The molecule has 0 radical (unpaired) electrons. The van der Waals surface area contributed by atoms with Crippen LogP contribution in [-0.4, -0.2) is 6.71 Å². The van der Waals surface area contributed by atoms with E-state index in [1.807, 2.05) is 0 Å². The molecule has 0 atom stereocenters. The average Bonchev–Trinajstić information content (AvgIpc) is 3.39. The molecule has 0 aliphatic carbocycles. The van der Waals surface area contributed by atoms with Gasteiger partial charge in [-0.05, 0) is 89.0 Å². The number of hydrogen-bond acceptors (Lipinski definition) is 2. The summed E-state index contributed by atoms with van der Waals surface area (Å²) in [6.07, 6.45) is 0. The molecular formula is C68H53BN2. The monoisotopic (exact) mass is 908 g/mol. The van der Waals surface area contributed by atoms with Crippen molar-refractivity contribution in [2.45, 2.75) is 87.9 Å². The van der Waals surface area contributed by atoms with Gasteiger partial charge in [-0.1, -0.05) is 248 Å². The van der Waals surface area contributed by atoms with Crippen molar-refractivity contribution in [1.29, 1.82) is 0 Å². The number of benzene rings is 9. The van der Waals surface area contributed by atoms with Crippen LogP contribution in [0.3, 0.4) is 0 Å². The Labute approximate surface area is 417 Å². The van der Waals surface area contributed by atoms with Gasteiger partial charge in [0.05, 0.1) is 45.0 Å². The first kappa shape index (κ1) is 39.4. The second-order valence-electron chi connectivity index (χ2n) is 24.3. The van der Waals surface area contributed by atoms with E-state index in [1.54, 1.807) is 0 Å². The molecule has 2 spiro atoms. The average molecular weight is 909 g/mol. The quantitative estimate of drug-likeness (QED) is 0.140. The van der Waals surface area contributed by atoms with E-state index < -0.39 is 10.8 Å². The van der Waals surface area contributed by atoms with E-state index in [4.69, 9.17) is 0 Å². The van der Waals surface area contributed by atoms with Crippen molar-refractivity contribution in [3.8, 4) is 0 Å². The maximum Gasteiger partial charge on any atom is 0.242 e. The summed E-state index contributed by atoms with van der Waals surface area (Å²) < 4.78 is 0. The van der Waals surface area contributed by atoms with E-state index in [9.17, 15) is 0 Å². The maximum atomic E-state index is 2.74. The fourth-order valence-electron chi connectivity index (χ4n) is 17.1. The summed E-state index contributed by atoms with van der Waals surface area (Å²) in [6, 6.07) is 70.5. The number of nitrogens with zero attached hydrogens (tertiary/aromatic N) is 2. The van der Waals surface area contributed by atoms with Crippen LogP contribution >= 0.6 is 0 Å². The zero-order chi connectivity index (χ0) is 47.7. The van der Waals surface area contributed by atoms with Gasteiger partial charge < -0.3 is 9.80 Å². The lowest BCUT2D eigenvalue weighted by molar-refractivity contribution is 0.581. The number of fused-ring (bicyclic) bond motifs is 12. The third-order valence-electron chi connectivity index (χ3n) is 20.1. The van der Waals surface area contributed by atoms with Crippen LogP contribution in [0.1, 0.15) is 144 Å². The minimum Gasteiger partial charge on any atom is -0.309 e. The smallest absolute Gasteiger partial charge is 0.242 e. The normalized spacial score (nSPS) is 19.6. The molecule has 2 nitrogen and oxygen atoms in total. The Morgan fingerprint density at radius 3 is 0.732 bits per heavy atom. The molecule has 0 saturated heterocycles. The van der Waals surface area contributed by atoms with Gasteiger partial charge in [0.25, 0.3) is 0 Å². The highest BCUT2D eigenvalue weighted by Crippen LogP contribution is 2.71. The SMILES string of the molecule is CC1(C)c2cccc3c2N2c4c1cccc4C1(c4ccccc4B4c5ccccc5C5(c6cccc1c64)c1cccc4c1N1c6c(cccc6C(C)(C)c6cccc5c61)C4(C)C)c1cccc(c12)C3(C)C. The minimum absolute atomic E-state index is 0.0273. The van der Waals surface area contributed by atoms with Gasteiger partial charge in [-0.3, -0.25) is 0 Å². The van der Waals surface area contributed by atoms with Crippen molar-refractivity contribution in [2.24, 2.45) is 0 Å². The molecule has 17 rings (SSSR count). The lowest BCUT2D eigenvalue weighted by Crippen LogP contribution is -2.69. The van der Waals surface area contributed by atoms with Crippen LogP contribution in [0.4, 0.5) is 34.1 Å². The van der Waals surface area contributed by atoms with Crippen molar-refractivity contribution < 1.29 is 0 Å². The van der Waals surface area contributed by atoms with Gasteiger partial charge in [-0.2, -0.15) is 0 Å². The minimum atomic E-state index is -0.625. The highest BCUT2D eigenvalue weighted by atomic mass is 15.2. The van der Waals surface area contributed by atoms with Crippen LogP contribution in [0, 0.1) is 0 Å². The molecule has 0 N–H and O–H groups in total. The second-order valence-corrected chi connectivity index (χ2v) is 24.3. The Hall–Kier alpha value is -7.36. The van der Waals surface area contributed by atoms with Crippen molar-refractivity contribution >= 4 is 57.2 Å². The molecule has 3 heteroatoms. The van der Waals surface area contributed by atoms with Crippen molar-refractivity contribution in [1.82, 2.24) is 0 Å². The molecule has 8 heterocycles. The summed E-state index contributed by atoms with van der Waals surface area (Å²) in [4.78, 5) is 5.47. The largest absolute Gasteiger partial charge is 0.309 e. The lowest BCUT2D eigenvalue weighted by atomic mass is 9.25. The highest BCUT2D eigenvalue weighted by Gasteiger charge is 2.63. The van der Waals surface area contributed by atoms with Gasteiger partial charge in [-0.15, -0.1) is 0 Å². The highest BCUT2D eigenvalue weighted by molar-refractivity contribution is 6.97. The zero-order valence-corrected chi connectivity index (χ0v) is 41.7. The van der Waals surface area contributed by atoms with Crippen LogP contribution in [0.2, 0.25) is 0 Å². The molecule has 9 aromatic carbocycles. The summed E-state index contributed by atoms with van der Waals surface area (Å²) >= 11 is 0. The van der Waals surface area contributed by atoms with E-state index in [0.717, 1.165) is 0 Å². The fraction of sp³-hybridized carbons (Fsp3) is 0.206. The molecule has 0 fully saturated rings. The van der Waals surface area contributed by atoms with E-state index in [0.29, 0.717) is 0 Å². The number of anilines is 6. The predicted molar refractivity (Wildman–Crippen MR) is 293 cm³/mol.